The minimum absolute atomic E-state index is 0.00762. The Kier molecular flexibility index (Phi) is 4.27. The highest BCUT2D eigenvalue weighted by molar-refractivity contribution is 8.15. The van der Waals surface area contributed by atoms with Crippen molar-refractivity contribution in [3.8, 4) is 0 Å². The summed E-state index contributed by atoms with van der Waals surface area (Å²) in [5.41, 5.74) is 0.936. The van der Waals surface area contributed by atoms with Crippen molar-refractivity contribution >= 4 is 32.7 Å². The quantitative estimate of drug-likeness (QED) is 0.832. The van der Waals surface area contributed by atoms with Crippen LogP contribution in [0.5, 0.6) is 0 Å². The van der Waals surface area contributed by atoms with E-state index in [2.05, 4.69) is 4.99 Å². The lowest BCUT2D eigenvalue weighted by Crippen LogP contribution is -2.37. The molecule has 2 heterocycles. The summed E-state index contributed by atoms with van der Waals surface area (Å²) in [5.74, 6) is 0.171. The van der Waals surface area contributed by atoms with Crippen LogP contribution < -0.4 is 0 Å². The number of carbonyl (C=O) groups is 1. The van der Waals surface area contributed by atoms with Crippen molar-refractivity contribution in [3.05, 3.63) is 35.9 Å². The second kappa shape index (κ2) is 6.04. The highest BCUT2D eigenvalue weighted by Crippen LogP contribution is 2.37. The Hall–Kier alpha value is -1.34. The molecule has 0 spiro atoms. The van der Waals surface area contributed by atoms with Crippen molar-refractivity contribution < 1.29 is 13.2 Å². The summed E-state index contributed by atoms with van der Waals surface area (Å²) in [4.78, 5) is 18.3. The Labute approximate surface area is 134 Å². The van der Waals surface area contributed by atoms with E-state index in [1.165, 1.54) is 11.8 Å². The van der Waals surface area contributed by atoms with Crippen LogP contribution in [0.1, 0.15) is 12.5 Å². The molecule has 2 unspecified atom stereocenters. The first-order valence-electron chi connectivity index (χ1n) is 7.27. The molecule has 22 heavy (non-hydrogen) atoms. The highest BCUT2D eigenvalue weighted by atomic mass is 32.2. The van der Waals surface area contributed by atoms with E-state index in [1.54, 1.807) is 0 Å². The van der Waals surface area contributed by atoms with Crippen LogP contribution in [0.3, 0.4) is 0 Å². The molecule has 1 aromatic carbocycles. The molecule has 1 amide bonds. The summed E-state index contributed by atoms with van der Waals surface area (Å²) < 4.78 is 23.5. The lowest BCUT2D eigenvalue weighted by molar-refractivity contribution is -0.117. The fourth-order valence-electron chi connectivity index (χ4n) is 2.92. The third-order valence-corrected chi connectivity index (χ3v) is 7.18. The van der Waals surface area contributed by atoms with E-state index in [0.717, 1.165) is 5.56 Å². The number of hydrogen-bond acceptors (Lipinski definition) is 4. The fraction of sp³-hybridized carbons (Fsp3) is 0.467. The highest BCUT2D eigenvalue weighted by Gasteiger charge is 2.48. The van der Waals surface area contributed by atoms with Crippen molar-refractivity contribution in [1.82, 2.24) is 4.90 Å². The number of rotatable bonds is 3. The SMILES string of the molecule is CCN1C(=NC(=O)Cc2ccccc2)SC2CS(=O)(=O)CC21. The lowest BCUT2D eigenvalue weighted by Gasteiger charge is -2.22. The van der Waals surface area contributed by atoms with E-state index in [-0.39, 0.29) is 35.1 Å². The number of fused-ring (bicyclic) bond motifs is 1. The van der Waals surface area contributed by atoms with Gasteiger partial charge in [0.15, 0.2) is 15.0 Å². The molecule has 5 nitrogen and oxygen atoms in total. The number of sulfone groups is 1. The number of amides is 1. The van der Waals surface area contributed by atoms with Gasteiger partial charge in [0.25, 0.3) is 5.91 Å². The Morgan fingerprint density at radius 1 is 1.32 bits per heavy atom. The molecule has 2 aliphatic heterocycles. The molecule has 2 saturated heterocycles. The predicted molar refractivity (Wildman–Crippen MR) is 88.8 cm³/mol. The third kappa shape index (κ3) is 3.20. The van der Waals surface area contributed by atoms with Gasteiger partial charge < -0.3 is 4.90 Å². The van der Waals surface area contributed by atoms with Gasteiger partial charge in [-0.2, -0.15) is 4.99 Å². The smallest absolute Gasteiger partial charge is 0.252 e. The zero-order chi connectivity index (χ0) is 15.7. The van der Waals surface area contributed by atoms with E-state index in [4.69, 9.17) is 0 Å². The second-order valence-electron chi connectivity index (χ2n) is 5.54. The molecule has 118 valence electrons. The van der Waals surface area contributed by atoms with Gasteiger partial charge in [-0.05, 0) is 12.5 Å². The first kappa shape index (κ1) is 15.6. The Balaban J connectivity index is 1.73. The van der Waals surface area contributed by atoms with Gasteiger partial charge in [0.05, 0.1) is 24.0 Å². The molecule has 0 aromatic heterocycles. The molecule has 0 radical (unpaired) electrons. The van der Waals surface area contributed by atoms with Crippen LogP contribution in [-0.4, -0.2) is 53.7 Å². The first-order chi connectivity index (χ1) is 10.5. The third-order valence-electron chi connectivity index (χ3n) is 3.93. The zero-order valence-electron chi connectivity index (χ0n) is 12.3. The van der Waals surface area contributed by atoms with Crippen molar-refractivity contribution in [2.75, 3.05) is 18.1 Å². The maximum Gasteiger partial charge on any atom is 0.252 e. The van der Waals surface area contributed by atoms with Crippen molar-refractivity contribution in [2.24, 2.45) is 4.99 Å². The van der Waals surface area contributed by atoms with Crippen LogP contribution in [0.25, 0.3) is 0 Å². The molecule has 1 aromatic rings. The lowest BCUT2D eigenvalue weighted by atomic mass is 10.1. The molecule has 0 bridgehead atoms. The van der Waals surface area contributed by atoms with Gasteiger partial charge in [-0.25, -0.2) is 8.42 Å². The summed E-state index contributed by atoms with van der Waals surface area (Å²) >= 11 is 1.43. The fourth-order valence-corrected chi connectivity index (χ4v) is 6.95. The number of amidine groups is 1. The van der Waals surface area contributed by atoms with Crippen molar-refractivity contribution in [2.45, 2.75) is 24.6 Å². The van der Waals surface area contributed by atoms with E-state index in [0.29, 0.717) is 11.7 Å². The summed E-state index contributed by atoms with van der Waals surface area (Å²) in [7, 11) is -2.95. The van der Waals surface area contributed by atoms with E-state index in [9.17, 15) is 13.2 Å². The standard InChI is InChI=1S/C15H18N2O3S2/c1-2-17-12-9-22(19,20)10-13(12)21-15(17)16-14(18)8-11-6-4-3-5-7-11/h3-7,12-13H,2,8-10H2,1H3. The maximum atomic E-state index is 12.1. The molecule has 2 aliphatic rings. The number of thioether (sulfide) groups is 1. The van der Waals surface area contributed by atoms with E-state index in [1.807, 2.05) is 42.2 Å². The van der Waals surface area contributed by atoms with Crippen LogP contribution in [0.2, 0.25) is 0 Å². The molecule has 3 rings (SSSR count). The average molecular weight is 338 g/mol. The maximum absolute atomic E-state index is 12.1. The number of carbonyl (C=O) groups excluding carboxylic acids is 1. The zero-order valence-corrected chi connectivity index (χ0v) is 13.9. The normalized spacial score (nSPS) is 28.0. The van der Waals surface area contributed by atoms with Gasteiger partial charge in [-0.1, -0.05) is 42.1 Å². The summed E-state index contributed by atoms with van der Waals surface area (Å²) in [5, 5.41) is 0.682. The van der Waals surface area contributed by atoms with Gasteiger partial charge in [0, 0.05) is 11.8 Å². The van der Waals surface area contributed by atoms with Crippen LogP contribution >= 0.6 is 11.8 Å². The van der Waals surface area contributed by atoms with E-state index >= 15 is 0 Å². The van der Waals surface area contributed by atoms with Gasteiger partial charge in [0.1, 0.15) is 0 Å². The first-order valence-corrected chi connectivity index (χ1v) is 9.98. The molecular formula is C15H18N2O3S2. The minimum Gasteiger partial charge on any atom is -0.346 e. The van der Waals surface area contributed by atoms with Gasteiger partial charge >= 0.3 is 0 Å². The molecule has 7 heteroatoms. The van der Waals surface area contributed by atoms with Crippen molar-refractivity contribution in [1.29, 1.82) is 0 Å². The Morgan fingerprint density at radius 3 is 2.73 bits per heavy atom. The summed E-state index contributed by atoms with van der Waals surface area (Å²) in [6.07, 6.45) is 0.274. The Bertz CT molecular complexity index is 701. The van der Waals surface area contributed by atoms with Crippen LogP contribution in [0.4, 0.5) is 0 Å². The molecule has 0 N–H and O–H groups in total. The second-order valence-corrected chi connectivity index (χ2v) is 8.90. The Morgan fingerprint density at radius 2 is 2.05 bits per heavy atom. The predicted octanol–water partition coefficient (Wildman–Crippen LogP) is 1.35. The molecule has 0 aliphatic carbocycles. The van der Waals surface area contributed by atoms with E-state index < -0.39 is 9.84 Å². The number of benzene rings is 1. The number of aliphatic imine (C=N–C) groups is 1. The minimum atomic E-state index is -2.95. The number of hydrogen-bond donors (Lipinski definition) is 0. The summed E-state index contributed by atoms with van der Waals surface area (Å²) in [6.45, 7) is 2.63. The van der Waals surface area contributed by atoms with Crippen molar-refractivity contribution in [3.63, 3.8) is 0 Å². The summed E-state index contributed by atoms with van der Waals surface area (Å²) in [6, 6.07) is 9.47. The van der Waals surface area contributed by atoms with Gasteiger partial charge in [-0.15, -0.1) is 0 Å². The van der Waals surface area contributed by atoms with Crippen LogP contribution in [0.15, 0.2) is 35.3 Å². The average Bonchev–Trinajstić information content (AvgIpc) is 2.90. The number of nitrogens with zero attached hydrogens (tertiary/aromatic N) is 2. The largest absolute Gasteiger partial charge is 0.346 e. The van der Waals surface area contributed by atoms with Gasteiger partial charge in [0.2, 0.25) is 0 Å². The van der Waals surface area contributed by atoms with Crippen LogP contribution in [0, 0.1) is 0 Å². The molecule has 2 fully saturated rings. The molecular weight excluding hydrogens is 320 g/mol. The topological polar surface area (TPSA) is 66.8 Å². The van der Waals surface area contributed by atoms with Gasteiger partial charge in [-0.3, -0.25) is 4.79 Å². The monoisotopic (exact) mass is 338 g/mol. The molecule has 0 saturated carbocycles. The molecule has 2 atom stereocenters. The van der Waals surface area contributed by atoms with Crippen LogP contribution in [-0.2, 0) is 21.1 Å².